The molecule has 0 spiro atoms. The van der Waals surface area contributed by atoms with Gasteiger partial charge in [0.25, 0.3) is 0 Å². The smallest absolute Gasteiger partial charge is 0.221 e. The zero-order valence-electron chi connectivity index (χ0n) is 13.1. The zero-order valence-corrected chi connectivity index (χ0v) is 14.8. The molecule has 120 valence electrons. The number of carbonyl (C=O) groups is 1. The summed E-state index contributed by atoms with van der Waals surface area (Å²) in [7, 11) is 1.99. The number of carbonyl (C=O) groups excluding carboxylic acids is 1. The van der Waals surface area contributed by atoms with E-state index < -0.39 is 0 Å². The second-order valence-corrected chi connectivity index (χ2v) is 6.80. The molecule has 1 aromatic heterocycles. The van der Waals surface area contributed by atoms with Crippen molar-refractivity contribution in [3.05, 3.63) is 46.2 Å². The minimum atomic E-state index is 0.403. The molecule has 0 saturated carbocycles. The molecule has 2 rings (SSSR count). The van der Waals surface area contributed by atoms with E-state index >= 15 is 0 Å². The lowest BCUT2D eigenvalue weighted by Gasteiger charge is -2.16. The SMILES string of the molecule is CNc1cccc(C(C)C)c1SCc1cccs1.NNC=O. The van der Waals surface area contributed by atoms with E-state index in [0.717, 1.165) is 5.75 Å². The van der Waals surface area contributed by atoms with E-state index in [-0.39, 0.29) is 0 Å². The van der Waals surface area contributed by atoms with Gasteiger partial charge in [0.2, 0.25) is 6.41 Å². The van der Waals surface area contributed by atoms with Gasteiger partial charge in [-0.2, -0.15) is 0 Å². The van der Waals surface area contributed by atoms with Crippen LogP contribution in [0.15, 0.2) is 40.6 Å². The van der Waals surface area contributed by atoms with Crippen molar-refractivity contribution < 1.29 is 4.79 Å². The van der Waals surface area contributed by atoms with Crippen molar-refractivity contribution in [2.45, 2.75) is 30.4 Å². The van der Waals surface area contributed by atoms with Gasteiger partial charge in [0.05, 0.1) is 0 Å². The summed E-state index contributed by atoms with van der Waals surface area (Å²) in [5, 5.41) is 5.45. The van der Waals surface area contributed by atoms with Crippen molar-refractivity contribution in [1.29, 1.82) is 0 Å². The molecule has 0 saturated heterocycles. The largest absolute Gasteiger partial charge is 0.387 e. The Hall–Kier alpha value is -1.50. The summed E-state index contributed by atoms with van der Waals surface area (Å²) in [6, 6.07) is 10.9. The highest BCUT2D eigenvalue weighted by Gasteiger charge is 2.11. The maximum absolute atomic E-state index is 8.94. The zero-order chi connectivity index (χ0) is 16.4. The van der Waals surface area contributed by atoms with Gasteiger partial charge >= 0.3 is 0 Å². The van der Waals surface area contributed by atoms with Gasteiger partial charge in [-0.3, -0.25) is 10.2 Å². The molecule has 0 unspecified atom stereocenters. The summed E-state index contributed by atoms with van der Waals surface area (Å²) in [6.45, 7) is 4.51. The van der Waals surface area contributed by atoms with Crippen LogP contribution in [0.3, 0.4) is 0 Å². The van der Waals surface area contributed by atoms with E-state index in [1.54, 1.807) is 5.43 Å². The number of rotatable bonds is 6. The molecule has 0 aliphatic carbocycles. The van der Waals surface area contributed by atoms with Crippen molar-refractivity contribution in [2.75, 3.05) is 12.4 Å². The number of hydrogen-bond acceptors (Lipinski definition) is 5. The lowest BCUT2D eigenvalue weighted by Crippen LogP contribution is -2.18. The van der Waals surface area contributed by atoms with Crippen LogP contribution in [0.4, 0.5) is 5.69 Å². The summed E-state index contributed by atoms with van der Waals surface area (Å²) < 4.78 is 0. The topological polar surface area (TPSA) is 67.2 Å². The van der Waals surface area contributed by atoms with Gasteiger partial charge in [0.1, 0.15) is 0 Å². The third-order valence-corrected chi connectivity index (χ3v) is 5.20. The van der Waals surface area contributed by atoms with Gasteiger partial charge in [0, 0.05) is 28.3 Å². The number of amides is 1. The highest BCUT2D eigenvalue weighted by Crippen LogP contribution is 2.37. The van der Waals surface area contributed by atoms with Gasteiger partial charge in [-0.1, -0.05) is 32.0 Å². The first-order valence-electron chi connectivity index (χ1n) is 6.99. The molecule has 0 aliphatic heterocycles. The highest BCUT2D eigenvalue weighted by atomic mass is 32.2. The molecule has 1 heterocycles. The number of anilines is 1. The number of thioether (sulfide) groups is 1. The van der Waals surface area contributed by atoms with Crippen LogP contribution in [0.2, 0.25) is 0 Å². The van der Waals surface area contributed by atoms with E-state index in [2.05, 4.69) is 60.7 Å². The molecule has 0 fully saturated rings. The first-order valence-corrected chi connectivity index (χ1v) is 8.86. The van der Waals surface area contributed by atoms with Crippen molar-refractivity contribution in [2.24, 2.45) is 5.84 Å². The Morgan fingerprint density at radius 1 is 1.32 bits per heavy atom. The molecule has 2 aromatic rings. The van der Waals surface area contributed by atoms with Crippen molar-refractivity contribution in [3.8, 4) is 0 Å². The quantitative estimate of drug-likeness (QED) is 0.246. The maximum atomic E-state index is 8.94. The number of benzene rings is 1. The van der Waals surface area contributed by atoms with Crippen molar-refractivity contribution >= 4 is 35.2 Å². The average molecular weight is 338 g/mol. The fraction of sp³-hybridized carbons (Fsp3) is 0.312. The second-order valence-electron chi connectivity index (χ2n) is 4.78. The third kappa shape index (κ3) is 5.71. The fourth-order valence-corrected chi connectivity index (χ4v) is 4.02. The van der Waals surface area contributed by atoms with E-state index in [1.165, 1.54) is 21.0 Å². The number of thiophene rings is 1. The number of nitrogens with one attached hydrogen (secondary N) is 2. The molecule has 4 nitrogen and oxygen atoms in total. The van der Waals surface area contributed by atoms with Crippen LogP contribution in [0.5, 0.6) is 0 Å². The van der Waals surface area contributed by atoms with Crippen LogP contribution in [-0.2, 0) is 10.5 Å². The normalized spacial score (nSPS) is 9.86. The highest BCUT2D eigenvalue weighted by molar-refractivity contribution is 7.98. The Kier molecular flexibility index (Phi) is 8.65. The summed E-state index contributed by atoms with van der Waals surface area (Å²) in [5.41, 5.74) is 4.42. The number of hydrogen-bond donors (Lipinski definition) is 3. The molecule has 4 N–H and O–H groups in total. The molecule has 0 aliphatic rings. The molecule has 0 atom stereocenters. The maximum Gasteiger partial charge on any atom is 0.221 e. The van der Waals surface area contributed by atoms with Gasteiger partial charge in [-0.15, -0.1) is 23.1 Å². The molecular formula is C16H23N3OS2. The van der Waals surface area contributed by atoms with E-state index in [9.17, 15) is 0 Å². The molecule has 22 heavy (non-hydrogen) atoms. The first-order chi connectivity index (χ1) is 10.6. The standard InChI is InChI=1S/C15H19NS2.CH4N2O/c1-11(2)13-7-4-8-14(16-3)15(13)18-10-12-6-5-9-17-12;2-3-1-4/h4-9,11,16H,10H2,1-3H3;1H,2H2,(H,3,4). The number of hydrazine groups is 1. The van der Waals surface area contributed by atoms with Crippen LogP contribution >= 0.6 is 23.1 Å². The molecular weight excluding hydrogens is 314 g/mol. The Morgan fingerprint density at radius 2 is 2.05 bits per heavy atom. The van der Waals surface area contributed by atoms with Crippen LogP contribution in [0.25, 0.3) is 0 Å². The summed E-state index contributed by atoms with van der Waals surface area (Å²) >= 11 is 3.76. The summed E-state index contributed by atoms with van der Waals surface area (Å²) in [5.74, 6) is 6.02. The van der Waals surface area contributed by atoms with Gasteiger partial charge < -0.3 is 5.32 Å². The van der Waals surface area contributed by atoms with E-state index in [1.807, 2.05) is 30.1 Å². The summed E-state index contributed by atoms with van der Waals surface area (Å²) in [6.07, 6.45) is 0.403. The average Bonchev–Trinajstić information content (AvgIpc) is 3.06. The monoisotopic (exact) mass is 337 g/mol. The third-order valence-electron chi connectivity index (χ3n) is 2.94. The Labute approximate surface area is 140 Å². The predicted molar refractivity (Wildman–Crippen MR) is 97.3 cm³/mol. The molecule has 1 amide bonds. The summed E-state index contributed by atoms with van der Waals surface area (Å²) in [4.78, 5) is 11.8. The predicted octanol–water partition coefficient (Wildman–Crippen LogP) is 3.81. The Morgan fingerprint density at radius 3 is 2.55 bits per heavy atom. The van der Waals surface area contributed by atoms with Gasteiger partial charge in [-0.25, -0.2) is 5.84 Å². The van der Waals surface area contributed by atoms with E-state index in [0.29, 0.717) is 12.3 Å². The Bertz CT molecular complexity index is 557. The molecule has 0 bridgehead atoms. The van der Waals surface area contributed by atoms with Crippen LogP contribution < -0.4 is 16.6 Å². The molecule has 6 heteroatoms. The van der Waals surface area contributed by atoms with Crippen LogP contribution in [-0.4, -0.2) is 13.5 Å². The minimum Gasteiger partial charge on any atom is -0.387 e. The lowest BCUT2D eigenvalue weighted by atomic mass is 10.0. The van der Waals surface area contributed by atoms with Crippen LogP contribution in [0.1, 0.15) is 30.2 Å². The number of nitrogens with two attached hydrogens (primary N) is 1. The first kappa shape index (κ1) is 18.5. The molecule has 0 radical (unpaired) electrons. The molecule has 1 aromatic carbocycles. The van der Waals surface area contributed by atoms with E-state index in [4.69, 9.17) is 4.79 Å². The fourth-order valence-electron chi connectivity index (χ4n) is 1.91. The van der Waals surface area contributed by atoms with Gasteiger partial charge in [0.15, 0.2) is 0 Å². The lowest BCUT2D eigenvalue weighted by molar-refractivity contribution is -0.109. The minimum absolute atomic E-state index is 0.403. The van der Waals surface area contributed by atoms with Crippen LogP contribution in [0, 0.1) is 0 Å². The van der Waals surface area contributed by atoms with Gasteiger partial charge in [-0.05, 0) is 29.0 Å². The second kappa shape index (κ2) is 10.3. The Balaban J connectivity index is 0.000000541. The van der Waals surface area contributed by atoms with Crippen molar-refractivity contribution in [3.63, 3.8) is 0 Å². The van der Waals surface area contributed by atoms with Crippen molar-refractivity contribution in [1.82, 2.24) is 5.43 Å².